The standard InChI is InChI=1S/C26H40AsN3O5P/c1-17(2)24(28)25(32)27-22(12-19-13-29-23-11-7-6-10-21(19)23)26(33)30-14-20(31)16-36(34,35)15-18-8-4-3-5-9-18/h6-7,10-11,13,17-18,20,22,24,29,31H,3-5,8-9,12,14-16,28H2,1-2H3,(H,30,33)(H,34,35)/t20-,22+,24+/m1/s1. The Morgan fingerprint density at radius 3 is 2.61 bits per heavy atom. The van der Waals surface area contributed by atoms with Crippen LogP contribution in [-0.4, -0.2) is 72.2 Å². The molecule has 0 bridgehead atoms. The molecule has 1 radical (unpaired) electrons. The number of nitrogens with one attached hydrogen (secondary N) is 2. The van der Waals surface area contributed by atoms with Gasteiger partial charge in [0.15, 0.2) is 0 Å². The summed E-state index contributed by atoms with van der Waals surface area (Å²) in [6.07, 6.45) is 6.38. The first kappa shape index (κ1) is 29.1. The van der Waals surface area contributed by atoms with Gasteiger partial charge < -0.3 is 0 Å². The zero-order chi connectivity index (χ0) is 26.3. The molecule has 1 aliphatic carbocycles. The van der Waals surface area contributed by atoms with Crippen LogP contribution in [0, 0.1) is 11.8 Å². The SMILES string of the molecule is CC(C)[C@H](N)C(=O)[As][C@@H](Cc1c[nH]c2ccccc12)C(=O)NC[C@@H](O)CP(=O)(O)CC1CCCCC1. The van der Waals surface area contributed by atoms with E-state index in [1.807, 2.05) is 44.3 Å². The maximum absolute atomic E-state index is 13.2. The van der Waals surface area contributed by atoms with Crippen LogP contribution >= 0.6 is 7.37 Å². The number of aromatic amines is 1. The second-order valence-electron chi connectivity index (χ2n) is 10.4. The molecule has 3 rings (SSSR count). The number of carbonyl (C=O) groups excluding carboxylic acids is 2. The van der Waals surface area contributed by atoms with E-state index in [9.17, 15) is 24.2 Å². The quantitative estimate of drug-likeness (QED) is 0.182. The van der Waals surface area contributed by atoms with Crippen molar-refractivity contribution < 1.29 is 24.2 Å². The fourth-order valence-corrected chi connectivity index (χ4v) is 9.59. The zero-order valence-corrected chi connectivity index (χ0v) is 24.0. The van der Waals surface area contributed by atoms with Crippen LogP contribution in [0.4, 0.5) is 0 Å². The molecule has 0 saturated heterocycles. The fraction of sp³-hybridized carbons (Fsp3) is 0.615. The van der Waals surface area contributed by atoms with Crippen LogP contribution < -0.4 is 11.1 Å². The number of hydrogen-bond acceptors (Lipinski definition) is 5. The van der Waals surface area contributed by atoms with E-state index >= 15 is 0 Å². The Kier molecular flexibility index (Phi) is 10.8. The van der Waals surface area contributed by atoms with E-state index in [-0.39, 0.29) is 41.2 Å². The van der Waals surface area contributed by atoms with Crippen LogP contribution in [0.15, 0.2) is 30.5 Å². The first-order valence-electron chi connectivity index (χ1n) is 12.9. The molecule has 1 unspecified atom stereocenters. The van der Waals surface area contributed by atoms with E-state index in [1.165, 1.54) is 6.42 Å². The summed E-state index contributed by atoms with van der Waals surface area (Å²) in [5.41, 5.74) is 7.98. The van der Waals surface area contributed by atoms with Gasteiger partial charge in [-0.3, -0.25) is 0 Å². The average molecular weight is 581 g/mol. The number of aliphatic hydroxyl groups excluding tert-OH is 1. The molecule has 0 aliphatic heterocycles. The molecular weight excluding hydrogens is 540 g/mol. The predicted octanol–water partition coefficient (Wildman–Crippen LogP) is 3.04. The second-order valence-corrected chi connectivity index (χ2v) is 15.6. The van der Waals surface area contributed by atoms with Gasteiger partial charge in [0.2, 0.25) is 0 Å². The molecule has 6 N–H and O–H groups in total. The number of amides is 1. The topological polar surface area (TPSA) is 146 Å². The van der Waals surface area contributed by atoms with Gasteiger partial charge in [-0.1, -0.05) is 0 Å². The second kappa shape index (κ2) is 13.4. The third-order valence-electron chi connectivity index (χ3n) is 6.95. The van der Waals surface area contributed by atoms with Gasteiger partial charge in [0.1, 0.15) is 0 Å². The molecule has 0 spiro atoms. The Balaban J connectivity index is 1.62. The summed E-state index contributed by atoms with van der Waals surface area (Å²) in [5.74, 6) is -0.116. The Hall–Kier alpha value is -1.43. The van der Waals surface area contributed by atoms with Crippen molar-refractivity contribution in [2.24, 2.45) is 17.6 Å². The molecule has 10 heteroatoms. The third kappa shape index (κ3) is 8.56. The molecule has 1 fully saturated rings. The van der Waals surface area contributed by atoms with Crippen LogP contribution in [0.25, 0.3) is 10.9 Å². The molecule has 1 heterocycles. The number of aromatic nitrogens is 1. The van der Waals surface area contributed by atoms with E-state index in [2.05, 4.69) is 10.3 Å². The van der Waals surface area contributed by atoms with Crippen LogP contribution in [0.5, 0.6) is 0 Å². The average Bonchev–Trinajstić information content (AvgIpc) is 3.24. The molecule has 4 atom stereocenters. The number of carbonyl (C=O) groups is 2. The number of aliphatic hydroxyl groups is 1. The summed E-state index contributed by atoms with van der Waals surface area (Å²) in [6, 6.07) is 7.17. The number of hydrogen-bond donors (Lipinski definition) is 5. The molecule has 8 nitrogen and oxygen atoms in total. The maximum atomic E-state index is 13.2. The Labute approximate surface area is 220 Å². The van der Waals surface area contributed by atoms with Crippen LogP contribution in [-0.2, 0) is 20.6 Å². The summed E-state index contributed by atoms with van der Waals surface area (Å²) in [6.45, 7) is 3.65. The van der Waals surface area contributed by atoms with Crippen molar-refractivity contribution in [3.63, 3.8) is 0 Å². The number of fused-ring (bicyclic) bond motifs is 1. The predicted molar refractivity (Wildman–Crippen MR) is 144 cm³/mol. The number of para-hydroxylation sites is 1. The van der Waals surface area contributed by atoms with Crippen LogP contribution in [0.1, 0.15) is 51.5 Å². The van der Waals surface area contributed by atoms with Crippen molar-refractivity contribution in [3.8, 4) is 0 Å². The van der Waals surface area contributed by atoms with Crippen LogP contribution in [0.2, 0.25) is 4.71 Å². The molecule has 1 saturated carbocycles. The van der Waals surface area contributed by atoms with Crippen molar-refractivity contribution in [1.82, 2.24) is 10.3 Å². The summed E-state index contributed by atoms with van der Waals surface area (Å²) in [5, 5.41) is 14.2. The van der Waals surface area contributed by atoms with E-state index in [0.29, 0.717) is 6.42 Å². The van der Waals surface area contributed by atoms with Crippen molar-refractivity contribution >= 4 is 44.5 Å². The molecule has 1 aromatic carbocycles. The summed E-state index contributed by atoms with van der Waals surface area (Å²) >= 11 is -1.05. The van der Waals surface area contributed by atoms with Gasteiger partial charge in [-0.25, -0.2) is 0 Å². The van der Waals surface area contributed by atoms with E-state index in [1.54, 1.807) is 0 Å². The molecule has 1 amide bonds. The Morgan fingerprint density at radius 2 is 1.92 bits per heavy atom. The number of rotatable bonds is 13. The third-order valence-corrected chi connectivity index (χ3v) is 11.7. The van der Waals surface area contributed by atoms with Gasteiger partial charge in [0, 0.05) is 0 Å². The van der Waals surface area contributed by atoms with Crippen LogP contribution in [0.3, 0.4) is 0 Å². The summed E-state index contributed by atoms with van der Waals surface area (Å²) in [7, 11) is -3.49. The van der Waals surface area contributed by atoms with Crippen molar-refractivity contribution in [3.05, 3.63) is 36.0 Å². The number of nitrogens with two attached hydrogens (primary N) is 1. The monoisotopic (exact) mass is 580 g/mol. The van der Waals surface area contributed by atoms with Crippen molar-refractivity contribution in [2.75, 3.05) is 18.9 Å². The van der Waals surface area contributed by atoms with Gasteiger partial charge in [-0.05, 0) is 0 Å². The normalized spacial score (nSPS) is 19.4. The fourth-order valence-electron chi connectivity index (χ4n) is 4.81. The van der Waals surface area contributed by atoms with Gasteiger partial charge in [-0.15, -0.1) is 0 Å². The van der Waals surface area contributed by atoms with E-state index < -0.39 is 40.0 Å². The summed E-state index contributed by atoms with van der Waals surface area (Å²) in [4.78, 5) is 39.6. The first-order valence-corrected chi connectivity index (χ1v) is 16.9. The molecule has 1 aliphatic rings. The zero-order valence-electron chi connectivity index (χ0n) is 21.2. The van der Waals surface area contributed by atoms with Crippen molar-refractivity contribution in [2.45, 2.75) is 69.2 Å². The van der Waals surface area contributed by atoms with Gasteiger partial charge >= 0.3 is 221 Å². The molecule has 1 aromatic heterocycles. The minimum atomic E-state index is -3.49. The Bertz CT molecular complexity index is 1070. The van der Waals surface area contributed by atoms with Gasteiger partial charge in [0.05, 0.1) is 0 Å². The number of H-pyrrole nitrogens is 1. The Morgan fingerprint density at radius 1 is 1.22 bits per heavy atom. The van der Waals surface area contributed by atoms with Gasteiger partial charge in [0.25, 0.3) is 0 Å². The van der Waals surface area contributed by atoms with E-state index in [0.717, 1.165) is 42.1 Å². The summed E-state index contributed by atoms with van der Waals surface area (Å²) < 4.78 is 12.1. The van der Waals surface area contributed by atoms with Gasteiger partial charge in [-0.2, -0.15) is 0 Å². The first-order chi connectivity index (χ1) is 17.1. The molecule has 2 aromatic rings. The molecule has 199 valence electrons. The van der Waals surface area contributed by atoms with Crippen molar-refractivity contribution in [1.29, 1.82) is 0 Å². The van der Waals surface area contributed by atoms with E-state index in [4.69, 9.17) is 5.73 Å². The molecule has 36 heavy (non-hydrogen) atoms. The minimum absolute atomic E-state index is 0.0192. The number of benzene rings is 1. The molecular formula is C26H40AsN3O5P.